The fourth-order valence-electron chi connectivity index (χ4n) is 4.84. The maximum atomic E-state index is 2.44. The van der Waals surface area contributed by atoms with Gasteiger partial charge in [0.25, 0.3) is 0 Å². The lowest BCUT2D eigenvalue weighted by Gasteiger charge is -2.21. The largest absolute Gasteiger partial charge is 0.0616 e. The molecule has 2 aliphatic rings. The second-order valence-corrected chi connectivity index (χ2v) is 7.00. The molecule has 2 bridgehead atoms. The van der Waals surface area contributed by atoms with Crippen LogP contribution < -0.4 is 0 Å². The van der Waals surface area contributed by atoms with Gasteiger partial charge < -0.3 is 0 Å². The molecule has 0 fully saturated rings. The van der Waals surface area contributed by atoms with Crippen LogP contribution in [-0.2, 0) is 0 Å². The zero-order valence-electron chi connectivity index (χ0n) is 12.8. The molecular formula is C23H16. The first kappa shape index (κ1) is 11.9. The van der Waals surface area contributed by atoms with Crippen LogP contribution in [0.3, 0.4) is 0 Å². The molecule has 4 aromatic carbocycles. The van der Waals surface area contributed by atoms with E-state index in [0.29, 0.717) is 11.8 Å². The van der Waals surface area contributed by atoms with E-state index < -0.39 is 0 Å². The molecule has 0 saturated carbocycles. The number of fused-ring (bicyclic) bond motifs is 10. The molecule has 0 unspecified atom stereocenters. The Morgan fingerprint density at radius 2 is 0.783 bits per heavy atom. The van der Waals surface area contributed by atoms with Gasteiger partial charge in [0.05, 0.1) is 0 Å². The molecule has 0 amide bonds. The first-order valence-electron chi connectivity index (χ1n) is 8.44. The van der Waals surface area contributed by atoms with Gasteiger partial charge in [0.1, 0.15) is 0 Å². The summed E-state index contributed by atoms with van der Waals surface area (Å²) in [5, 5.41) is 5.50. The van der Waals surface area contributed by atoms with E-state index >= 15 is 0 Å². The van der Waals surface area contributed by atoms with Gasteiger partial charge in [-0.25, -0.2) is 0 Å². The van der Waals surface area contributed by atoms with Crippen molar-refractivity contribution in [1.82, 2.24) is 0 Å². The summed E-state index contributed by atoms with van der Waals surface area (Å²) in [4.78, 5) is 0. The third kappa shape index (κ3) is 1.46. The average molecular weight is 292 g/mol. The zero-order chi connectivity index (χ0) is 15.0. The number of hydrogen-bond donors (Lipinski definition) is 0. The number of benzene rings is 4. The van der Waals surface area contributed by atoms with Crippen LogP contribution in [0.4, 0.5) is 0 Å². The topological polar surface area (TPSA) is 0 Å². The highest BCUT2D eigenvalue weighted by Crippen LogP contribution is 2.57. The van der Waals surface area contributed by atoms with Gasteiger partial charge in [-0.05, 0) is 50.2 Å². The molecule has 23 heavy (non-hydrogen) atoms. The van der Waals surface area contributed by atoms with E-state index in [4.69, 9.17) is 0 Å². The Labute approximate surface area is 135 Å². The van der Waals surface area contributed by atoms with E-state index in [1.54, 1.807) is 22.3 Å². The summed E-state index contributed by atoms with van der Waals surface area (Å²) < 4.78 is 0. The Bertz CT molecular complexity index is 929. The van der Waals surface area contributed by atoms with Crippen molar-refractivity contribution < 1.29 is 0 Å². The van der Waals surface area contributed by atoms with Crippen molar-refractivity contribution >= 4 is 21.5 Å². The first-order valence-corrected chi connectivity index (χ1v) is 8.44. The van der Waals surface area contributed by atoms with Gasteiger partial charge in [-0.3, -0.25) is 0 Å². The molecule has 4 aromatic rings. The summed E-state index contributed by atoms with van der Waals surface area (Å²) in [5.74, 6) is 1.19. The minimum atomic E-state index is 0.596. The van der Waals surface area contributed by atoms with E-state index in [0.717, 1.165) is 0 Å². The van der Waals surface area contributed by atoms with E-state index in [1.165, 1.54) is 28.0 Å². The molecule has 0 heterocycles. The summed E-state index contributed by atoms with van der Waals surface area (Å²) >= 11 is 0. The van der Waals surface area contributed by atoms with Crippen LogP contribution >= 0.6 is 0 Å². The monoisotopic (exact) mass is 292 g/mol. The minimum absolute atomic E-state index is 0.596. The van der Waals surface area contributed by atoms with Crippen molar-refractivity contribution in [1.29, 1.82) is 0 Å². The van der Waals surface area contributed by atoms with Crippen molar-refractivity contribution in [2.45, 2.75) is 18.3 Å². The number of rotatable bonds is 0. The zero-order valence-corrected chi connectivity index (χ0v) is 12.8. The van der Waals surface area contributed by atoms with E-state index in [1.807, 2.05) is 0 Å². The third-order valence-corrected chi connectivity index (χ3v) is 5.88. The van der Waals surface area contributed by atoms with Crippen LogP contribution in [0.2, 0.25) is 0 Å². The highest BCUT2D eigenvalue weighted by Gasteiger charge is 2.41. The van der Waals surface area contributed by atoms with Gasteiger partial charge in [-0.1, -0.05) is 72.8 Å². The molecule has 108 valence electrons. The van der Waals surface area contributed by atoms with Crippen molar-refractivity contribution in [3.63, 3.8) is 0 Å². The lowest BCUT2D eigenvalue weighted by molar-refractivity contribution is 0.796. The SMILES string of the molecule is c1ccc2cc3c(cc2c1)C1CC3c2cc3ccccc3cc21. The smallest absolute Gasteiger partial charge is 0.0105 e. The standard InChI is InChI=1S/C23H16/c1-2-6-15-10-19-18(9-14(15)5-1)22-13-23(19)21-12-17-8-4-3-7-16(17)11-20(21)22/h1-12,22-23H,13H2. The van der Waals surface area contributed by atoms with Crippen molar-refractivity contribution in [2.75, 3.05) is 0 Å². The van der Waals surface area contributed by atoms with Crippen LogP contribution in [0.15, 0.2) is 72.8 Å². The van der Waals surface area contributed by atoms with Crippen molar-refractivity contribution in [2.24, 2.45) is 0 Å². The lowest BCUT2D eigenvalue weighted by Crippen LogP contribution is -2.03. The Kier molecular flexibility index (Phi) is 2.08. The van der Waals surface area contributed by atoms with Crippen LogP contribution in [0, 0.1) is 0 Å². The van der Waals surface area contributed by atoms with E-state index in [9.17, 15) is 0 Å². The van der Waals surface area contributed by atoms with Crippen LogP contribution in [0.25, 0.3) is 21.5 Å². The summed E-state index contributed by atoms with van der Waals surface area (Å²) in [6.45, 7) is 0. The van der Waals surface area contributed by atoms with Gasteiger partial charge in [0.15, 0.2) is 0 Å². The fourth-order valence-corrected chi connectivity index (χ4v) is 4.84. The molecule has 0 aromatic heterocycles. The summed E-state index contributed by atoms with van der Waals surface area (Å²) in [7, 11) is 0. The van der Waals surface area contributed by atoms with Crippen molar-refractivity contribution in [3.8, 4) is 0 Å². The van der Waals surface area contributed by atoms with Gasteiger partial charge in [0.2, 0.25) is 0 Å². The van der Waals surface area contributed by atoms with Crippen LogP contribution in [0.1, 0.15) is 40.5 Å². The van der Waals surface area contributed by atoms with Crippen LogP contribution in [0.5, 0.6) is 0 Å². The molecule has 0 N–H and O–H groups in total. The maximum absolute atomic E-state index is 2.44. The molecule has 0 spiro atoms. The Morgan fingerprint density at radius 1 is 0.478 bits per heavy atom. The molecular weight excluding hydrogens is 276 g/mol. The summed E-state index contributed by atoms with van der Waals surface area (Å²) in [6, 6.07) is 27.3. The summed E-state index contributed by atoms with van der Waals surface area (Å²) in [6.07, 6.45) is 1.26. The Balaban J connectivity index is 1.65. The van der Waals surface area contributed by atoms with Gasteiger partial charge in [-0.15, -0.1) is 0 Å². The molecule has 0 heteroatoms. The fraction of sp³-hybridized carbons (Fsp3) is 0.130. The Hall–Kier alpha value is -2.60. The second-order valence-electron chi connectivity index (χ2n) is 7.00. The summed E-state index contributed by atoms with van der Waals surface area (Å²) in [5.41, 5.74) is 6.26. The van der Waals surface area contributed by atoms with Gasteiger partial charge in [-0.2, -0.15) is 0 Å². The van der Waals surface area contributed by atoms with E-state index in [-0.39, 0.29) is 0 Å². The first-order chi connectivity index (χ1) is 11.4. The lowest BCUT2D eigenvalue weighted by atomic mass is 9.83. The highest BCUT2D eigenvalue weighted by molar-refractivity contribution is 5.88. The molecule has 0 aliphatic heterocycles. The van der Waals surface area contributed by atoms with Gasteiger partial charge >= 0.3 is 0 Å². The molecule has 0 saturated heterocycles. The number of hydrogen-bond acceptors (Lipinski definition) is 0. The molecule has 2 aliphatic carbocycles. The predicted octanol–water partition coefficient (Wildman–Crippen LogP) is 5.97. The van der Waals surface area contributed by atoms with E-state index in [2.05, 4.69) is 72.8 Å². The molecule has 0 atom stereocenters. The van der Waals surface area contributed by atoms with Crippen molar-refractivity contribution in [3.05, 3.63) is 95.1 Å². The predicted molar refractivity (Wildman–Crippen MR) is 96.2 cm³/mol. The van der Waals surface area contributed by atoms with Gasteiger partial charge in [0, 0.05) is 11.8 Å². The molecule has 0 nitrogen and oxygen atoms in total. The molecule has 0 radical (unpaired) electrons. The minimum Gasteiger partial charge on any atom is -0.0616 e. The quantitative estimate of drug-likeness (QED) is 0.374. The normalized spacial score (nSPS) is 20.9. The second kappa shape index (κ2) is 4.02. The Morgan fingerprint density at radius 3 is 1.09 bits per heavy atom. The van der Waals surface area contributed by atoms with Crippen LogP contribution in [-0.4, -0.2) is 0 Å². The maximum Gasteiger partial charge on any atom is 0.0105 e. The molecule has 6 rings (SSSR count). The highest BCUT2D eigenvalue weighted by atomic mass is 14.4. The average Bonchev–Trinajstić information content (AvgIpc) is 3.14. The third-order valence-electron chi connectivity index (χ3n) is 5.88.